The Hall–Kier alpha value is -2.17. The number of thiophene rings is 1. The number of aromatic nitrogens is 2. The second-order valence-corrected chi connectivity index (χ2v) is 8.05. The molecule has 2 aromatic rings. The third-order valence-corrected chi connectivity index (χ3v) is 6.10. The van der Waals surface area contributed by atoms with Crippen LogP contribution >= 0.6 is 11.3 Å². The number of carbonyl (C=O) groups is 1. The lowest BCUT2D eigenvalue weighted by Gasteiger charge is -2.34. The molecule has 7 heteroatoms. The van der Waals surface area contributed by atoms with Crippen LogP contribution < -0.4 is 0 Å². The first-order chi connectivity index (χ1) is 13.1. The van der Waals surface area contributed by atoms with E-state index in [0.29, 0.717) is 19.4 Å². The van der Waals surface area contributed by atoms with Crippen molar-refractivity contribution in [3.8, 4) is 6.07 Å². The van der Waals surface area contributed by atoms with E-state index >= 15 is 0 Å². The molecule has 0 radical (unpaired) electrons. The zero-order chi connectivity index (χ0) is 19.2. The van der Waals surface area contributed by atoms with Gasteiger partial charge in [0.1, 0.15) is 0 Å². The van der Waals surface area contributed by atoms with E-state index in [0.717, 1.165) is 56.1 Å². The summed E-state index contributed by atoms with van der Waals surface area (Å²) >= 11 is 1.79. The van der Waals surface area contributed by atoms with Crippen LogP contribution in [0.3, 0.4) is 0 Å². The highest BCUT2D eigenvalue weighted by molar-refractivity contribution is 7.09. The smallest absolute Gasteiger partial charge is 0.222 e. The second kappa shape index (κ2) is 9.16. The quantitative estimate of drug-likeness (QED) is 0.735. The van der Waals surface area contributed by atoms with Crippen LogP contribution in [0.1, 0.15) is 34.7 Å². The van der Waals surface area contributed by atoms with Gasteiger partial charge < -0.3 is 4.90 Å². The molecule has 6 nitrogen and oxygen atoms in total. The van der Waals surface area contributed by atoms with Gasteiger partial charge in [0.15, 0.2) is 0 Å². The summed E-state index contributed by atoms with van der Waals surface area (Å²) in [7, 11) is 0. The zero-order valence-corrected chi connectivity index (χ0v) is 17.0. The molecule has 0 aliphatic carbocycles. The van der Waals surface area contributed by atoms with Gasteiger partial charge in [-0.3, -0.25) is 14.4 Å². The van der Waals surface area contributed by atoms with Crippen LogP contribution in [-0.2, 0) is 24.3 Å². The third-order valence-electron chi connectivity index (χ3n) is 5.24. The van der Waals surface area contributed by atoms with Crippen molar-refractivity contribution in [3.63, 3.8) is 0 Å². The fourth-order valence-corrected chi connectivity index (χ4v) is 4.38. The van der Waals surface area contributed by atoms with Crippen molar-refractivity contribution in [2.75, 3.05) is 26.2 Å². The van der Waals surface area contributed by atoms with Gasteiger partial charge in [0.25, 0.3) is 0 Å². The van der Waals surface area contributed by atoms with E-state index in [2.05, 4.69) is 33.6 Å². The van der Waals surface area contributed by atoms with Gasteiger partial charge in [0.05, 0.1) is 24.7 Å². The topological polar surface area (TPSA) is 65.2 Å². The Labute approximate surface area is 165 Å². The van der Waals surface area contributed by atoms with E-state index in [1.807, 2.05) is 23.4 Å². The van der Waals surface area contributed by atoms with Gasteiger partial charge in [0, 0.05) is 49.7 Å². The number of nitriles is 1. The molecule has 144 valence electrons. The van der Waals surface area contributed by atoms with Crippen molar-refractivity contribution in [2.24, 2.45) is 0 Å². The van der Waals surface area contributed by atoms with Crippen molar-refractivity contribution >= 4 is 17.2 Å². The molecule has 1 saturated heterocycles. The van der Waals surface area contributed by atoms with Gasteiger partial charge in [-0.15, -0.1) is 11.3 Å². The number of amides is 1. The van der Waals surface area contributed by atoms with E-state index in [4.69, 9.17) is 5.26 Å². The molecule has 0 spiro atoms. The Morgan fingerprint density at radius 3 is 2.74 bits per heavy atom. The summed E-state index contributed by atoms with van der Waals surface area (Å²) in [5.74, 6) is 0.231. The largest absolute Gasteiger partial charge is 0.340 e. The Kier molecular flexibility index (Phi) is 6.64. The highest BCUT2D eigenvalue weighted by atomic mass is 32.1. The predicted molar refractivity (Wildman–Crippen MR) is 106 cm³/mol. The molecule has 0 aromatic carbocycles. The molecule has 1 aliphatic heterocycles. The molecule has 3 rings (SSSR count). The monoisotopic (exact) mass is 385 g/mol. The second-order valence-electron chi connectivity index (χ2n) is 7.02. The van der Waals surface area contributed by atoms with E-state index in [1.54, 1.807) is 11.3 Å². The van der Waals surface area contributed by atoms with Crippen molar-refractivity contribution < 1.29 is 4.79 Å². The van der Waals surface area contributed by atoms with Crippen LogP contribution in [-0.4, -0.2) is 51.7 Å². The molecule has 0 bridgehead atoms. The Morgan fingerprint density at radius 2 is 2.07 bits per heavy atom. The van der Waals surface area contributed by atoms with Crippen LogP contribution in [0.2, 0.25) is 0 Å². The molecule has 0 saturated carbocycles. The summed E-state index contributed by atoms with van der Waals surface area (Å²) in [4.78, 5) is 18.4. The van der Waals surface area contributed by atoms with Gasteiger partial charge in [-0.05, 0) is 37.3 Å². The first-order valence-electron chi connectivity index (χ1n) is 9.51. The number of nitrogens with zero attached hydrogens (tertiary/aromatic N) is 5. The number of carbonyl (C=O) groups excluding carboxylic acids is 1. The normalized spacial score (nSPS) is 15.1. The Balaban J connectivity index is 1.47. The summed E-state index contributed by atoms with van der Waals surface area (Å²) in [6, 6.07) is 6.42. The molecule has 3 heterocycles. The standard InChI is InChI=1S/C20H27N5OS/c1-16-19(17(2)25(22-16)9-4-8-21)6-7-20(26)24-12-10-23(11-13-24)15-18-5-3-14-27-18/h3,5,14H,4,6-7,9-13,15H2,1-2H3. The lowest BCUT2D eigenvalue weighted by atomic mass is 10.1. The summed E-state index contributed by atoms with van der Waals surface area (Å²) in [6.07, 6.45) is 1.70. The summed E-state index contributed by atoms with van der Waals surface area (Å²) in [5.41, 5.74) is 3.20. The average Bonchev–Trinajstić information content (AvgIpc) is 3.27. The number of hydrogen-bond acceptors (Lipinski definition) is 5. The minimum Gasteiger partial charge on any atom is -0.340 e. The number of hydrogen-bond donors (Lipinski definition) is 0. The van der Waals surface area contributed by atoms with E-state index in [1.165, 1.54) is 4.88 Å². The molecule has 0 atom stereocenters. The van der Waals surface area contributed by atoms with Gasteiger partial charge in [-0.2, -0.15) is 10.4 Å². The fraction of sp³-hybridized carbons (Fsp3) is 0.550. The van der Waals surface area contributed by atoms with Crippen LogP contribution in [0.4, 0.5) is 0 Å². The molecule has 1 aliphatic rings. The lowest BCUT2D eigenvalue weighted by molar-refractivity contribution is -0.132. The summed E-state index contributed by atoms with van der Waals surface area (Å²) in [5, 5.41) is 15.4. The van der Waals surface area contributed by atoms with Gasteiger partial charge in [-0.1, -0.05) is 6.07 Å². The number of piperazine rings is 1. The van der Waals surface area contributed by atoms with Crippen molar-refractivity contribution in [2.45, 2.75) is 46.2 Å². The van der Waals surface area contributed by atoms with E-state index in [9.17, 15) is 4.79 Å². The van der Waals surface area contributed by atoms with Crippen molar-refractivity contribution in [3.05, 3.63) is 39.3 Å². The zero-order valence-electron chi connectivity index (χ0n) is 16.1. The van der Waals surface area contributed by atoms with Crippen LogP contribution in [0.5, 0.6) is 0 Å². The summed E-state index contributed by atoms with van der Waals surface area (Å²) < 4.78 is 1.89. The minimum atomic E-state index is 0.231. The Bertz CT molecular complexity index is 797. The van der Waals surface area contributed by atoms with Gasteiger partial charge in [0.2, 0.25) is 5.91 Å². The third kappa shape index (κ3) is 4.96. The van der Waals surface area contributed by atoms with Crippen LogP contribution in [0.25, 0.3) is 0 Å². The molecule has 0 unspecified atom stereocenters. The van der Waals surface area contributed by atoms with E-state index in [-0.39, 0.29) is 5.91 Å². The average molecular weight is 386 g/mol. The molecule has 2 aromatic heterocycles. The molecule has 0 N–H and O–H groups in total. The minimum absolute atomic E-state index is 0.231. The maximum atomic E-state index is 12.6. The molecule has 27 heavy (non-hydrogen) atoms. The first-order valence-corrected chi connectivity index (χ1v) is 10.4. The highest BCUT2D eigenvalue weighted by Gasteiger charge is 2.22. The molecular formula is C20H27N5OS. The van der Waals surface area contributed by atoms with Gasteiger partial charge in [-0.25, -0.2) is 0 Å². The lowest BCUT2D eigenvalue weighted by Crippen LogP contribution is -2.48. The first kappa shape index (κ1) is 19.6. The van der Waals surface area contributed by atoms with Crippen molar-refractivity contribution in [1.82, 2.24) is 19.6 Å². The fourth-order valence-electron chi connectivity index (χ4n) is 3.64. The highest BCUT2D eigenvalue weighted by Crippen LogP contribution is 2.17. The molecule has 1 amide bonds. The number of aryl methyl sites for hydroxylation is 2. The predicted octanol–water partition coefficient (Wildman–Crippen LogP) is 2.75. The maximum absolute atomic E-state index is 12.6. The van der Waals surface area contributed by atoms with Crippen molar-refractivity contribution in [1.29, 1.82) is 5.26 Å². The Morgan fingerprint density at radius 1 is 1.30 bits per heavy atom. The van der Waals surface area contributed by atoms with Gasteiger partial charge >= 0.3 is 0 Å². The van der Waals surface area contributed by atoms with Crippen LogP contribution in [0.15, 0.2) is 17.5 Å². The van der Waals surface area contributed by atoms with Crippen LogP contribution in [0, 0.1) is 25.2 Å². The SMILES string of the molecule is Cc1nn(CCC#N)c(C)c1CCC(=O)N1CCN(Cc2cccs2)CC1. The molecule has 1 fully saturated rings. The molecular weight excluding hydrogens is 358 g/mol. The summed E-state index contributed by atoms with van der Waals surface area (Å²) in [6.45, 7) is 9.11. The van der Waals surface area contributed by atoms with E-state index < -0.39 is 0 Å². The maximum Gasteiger partial charge on any atom is 0.222 e. The number of rotatable bonds is 7.